The Hall–Kier alpha value is -0.930. The van der Waals surface area contributed by atoms with Gasteiger partial charge >= 0.3 is 0 Å². The van der Waals surface area contributed by atoms with E-state index in [0.717, 1.165) is 24.9 Å². The first-order valence-corrected chi connectivity index (χ1v) is 6.22. The zero-order chi connectivity index (χ0) is 12.7. The molecule has 0 aliphatic heterocycles. The quantitative estimate of drug-likeness (QED) is 0.788. The molecule has 1 aromatic rings. The minimum absolute atomic E-state index is 0.0119. The van der Waals surface area contributed by atoms with E-state index >= 15 is 0 Å². The smallest absolute Gasteiger partial charge is 0.123 e. The lowest BCUT2D eigenvalue weighted by atomic mass is 10.1. The topological polar surface area (TPSA) is 21.3 Å². The fourth-order valence-corrected chi connectivity index (χ4v) is 1.86. The molecule has 2 atom stereocenters. The molecule has 1 N–H and O–H groups in total. The van der Waals surface area contributed by atoms with Crippen LogP contribution < -0.4 is 5.32 Å². The third kappa shape index (κ3) is 4.84. The lowest BCUT2D eigenvalue weighted by Crippen LogP contribution is -2.23. The monoisotopic (exact) mass is 239 g/mol. The van der Waals surface area contributed by atoms with Crippen LogP contribution in [0.25, 0.3) is 0 Å². The van der Waals surface area contributed by atoms with Crippen LogP contribution in [0.1, 0.15) is 38.4 Å². The van der Waals surface area contributed by atoms with Gasteiger partial charge in [-0.2, -0.15) is 0 Å². The number of benzene rings is 1. The molecule has 2 unspecified atom stereocenters. The molecule has 96 valence electrons. The van der Waals surface area contributed by atoms with Crippen molar-refractivity contribution in [2.75, 3.05) is 13.6 Å². The zero-order valence-electron chi connectivity index (χ0n) is 10.9. The van der Waals surface area contributed by atoms with Crippen LogP contribution in [0.2, 0.25) is 0 Å². The molecule has 17 heavy (non-hydrogen) atoms. The average molecular weight is 239 g/mol. The summed E-state index contributed by atoms with van der Waals surface area (Å²) in [4.78, 5) is 0. The average Bonchev–Trinajstić information content (AvgIpc) is 2.30. The van der Waals surface area contributed by atoms with Crippen molar-refractivity contribution in [2.45, 2.75) is 38.9 Å². The second kappa shape index (κ2) is 7.41. The summed E-state index contributed by atoms with van der Waals surface area (Å²) in [5.74, 6) is -0.210. The van der Waals surface area contributed by atoms with Crippen LogP contribution in [0.5, 0.6) is 0 Å². The third-order valence-electron chi connectivity index (χ3n) is 2.72. The number of hydrogen-bond acceptors (Lipinski definition) is 2. The van der Waals surface area contributed by atoms with Crippen LogP contribution in [0.3, 0.4) is 0 Å². The molecule has 0 aliphatic carbocycles. The van der Waals surface area contributed by atoms with Gasteiger partial charge in [-0.15, -0.1) is 0 Å². The second-order valence-corrected chi connectivity index (χ2v) is 4.33. The predicted molar refractivity (Wildman–Crippen MR) is 68.5 cm³/mol. The van der Waals surface area contributed by atoms with Crippen molar-refractivity contribution >= 4 is 0 Å². The SMILES string of the molecule is CCCC(C)OC(CNC)c1ccc(F)cc1. The Bertz CT molecular complexity index is 313. The largest absolute Gasteiger partial charge is 0.369 e. The summed E-state index contributed by atoms with van der Waals surface area (Å²) in [6.45, 7) is 4.96. The maximum atomic E-state index is 12.9. The maximum absolute atomic E-state index is 12.9. The maximum Gasteiger partial charge on any atom is 0.123 e. The molecule has 0 spiro atoms. The Balaban J connectivity index is 2.67. The van der Waals surface area contributed by atoms with Crippen molar-refractivity contribution in [3.63, 3.8) is 0 Å². The highest BCUT2D eigenvalue weighted by atomic mass is 19.1. The predicted octanol–water partition coefficient (Wildman–Crippen LogP) is 3.29. The van der Waals surface area contributed by atoms with Crippen LogP contribution >= 0.6 is 0 Å². The number of rotatable bonds is 7. The lowest BCUT2D eigenvalue weighted by Gasteiger charge is -2.22. The Kier molecular flexibility index (Phi) is 6.16. The lowest BCUT2D eigenvalue weighted by molar-refractivity contribution is -0.00634. The van der Waals surface area contributed by atoms with Crippen molar-refractivity contribution in [3.8, 4) is 0 Å². The highest BCUT2D eigenvalue weighted by Gasteiger charge is 2.14. The third-order valence-corrected chi connectivity index (χ3v) is 2.72. The van der Waals surface area contributed by atoms with E-state index in [0.29, 0.717) is 0 Å². The Labute approximate surface area is 103 Å². The molecule has 1 rings (SSSR count). The van der Waals surface area contributed by atoms with Crippen molar-refractivity contribution in [1.82, 2.24) is 5.32 Å². The summed E-state index contributed by atoms with van der Waals surface area (Å²) in [5.41, 5.74) is 1.02. The standard InChI is InChI=1S/C14H22FNO/c1-4-5-11(2)17-14(10-16-3)12-6-8-13(15)9-7-12/h6-9,11,14,16H,4-5,10H2,1-3H3. The molecule has 0 saturated heterocycles. The van der Waals surface area contributed by atoms with Gasteiger partial charge in [-0.05, 0) is 38.1 Å². The van der Waals surface area contributed by atoms with E-state index in [-0.39, 0.29) is 18.0 Å². The van der Waals surface area contributed by atoms with E-state index in [1.54, 1.807) is 12.1 Å². The Morgan fingerprint density at radius 1 is 1.29 bits per heavy atom. The molecule has 0 amide bonds. The molecule has 0 aromatic heterocycles. The van der Waals surface area contributed by atoms with Crippen molar-refractivity contribution < 1.29 is 9.13 Å². The van der Waals surface area contributed by atoms with E-state index in [1.165, 1.54) is 12.1 Å². The van der Waals surface area contributed by atoms with Crippen molar-refractivity contribution in [2.24, 2.45) is 0 Å². The van der Waals surface area contributed by atoms with Crippen molar-refractivity contribution in [1.29, 1.82) is 0 Å². The van der Waals surface area contributed by atoms with Gasteiger partial charge in [-0.3, -0.25) is 0 Å². The first kappa shape index (κ1) is 14.1. The second-order valence-electron chi connectivity index (χ2n) is 4.33. The van der Waals surface area contributed by atoms with Crippen LogP contribution in [0.15, 0.2) is 24.3 Å². The number of halogens is 1. The first-order valence-electron chi connectivity index (χ1n) is 6.22. The number of likely N-dealkylation sites (N-methyl/N-ethyl adjacent to an activating group) is 1. The van der Waals surface area contributed by atoms with E-state index in [1.807, 2.05) is 7.05 Å². The van der Waals surface area contributed by atoms with E-state index in [2.05, 4.69) is 19.2 Å². The van der Waals surface area contributed by atoms with E-state index in [4.69, 9.17) is 4.74 Å². The molecule has 1 aromatic carbocycles. The summed E-state index contributed by atoms with van der Waals surface area (Å²) in [6, 6.07) is 6.53. The summed E-state index contributed by atoms with van der Waals surface area (Å²) < 4.78 is 18.8. The van der Waals surface area contributed by atoms with Gasteiger partial charge < -0.3 is 10.1 Å². The fraction of sp³-hybridized carbons (Fsp3) is 0.571. The molecule has 2 nitrogen and oxygen atoms in total. The molecule has 3 heteroatoms. The molecule has 0 saturated carbocycles. The molecule has 0 radical (unpaired) electrons. The molecular weight excluding hydrogens is 217 g/mol. The minimum atomic E-state index is -0.210. The van der Waals surface area contributed by atoms with Gasteiger partial charge in [-0.25, -0.2) is 4.39 Å². The zero-order valence-corrected chi connectivity index (χ0v) is 10.9. The minimum Gasteiger partial charge on any atom is -0.369 e. The summed E-state index contributed by atoms with van der Waals surface area (Å²) >= 11 is 0. The molecular formula is C14H22FNO. The van der Waals surface area contributed by atoms with E-state index in [9.17, 15) is 4.39 Å². The summed E-state index contributed by atoms with van der Waals surface area (Å²) in [5, 5.41) is 3.11. The van der Waals surface area contributed by atoms with Crippen molar-refractivity contribution in [3.05, 3.63) is 35.6 Å². The number of hydrogen-bond donors (Lipinski definition) is 1. The molecule has 0 aliphatic rings. The van der Waals surface area contributed by atoms with Crippen LogP contribution in [0.4, 0.5) is 4.39 Å². The number of ether oxygens (including phenoxy) is 1. The van der Waals surface area contributed by atoms with Gasteiger partial charge in [0.25, 0.3) is 0 Å². The molecule has 0 bridgehead atoms. The van der Waals surface area contributed by atoms with Crippen LogP contribution in [-0.2, 0) is 4.74 Å². The van der Waals surface area contributed by atoms with Crippen LogP contribution in [-0.4, -0.2) is 19.7 Å². The van der Waals surface area contributed by atoms with Gasteiger partial charge in [0, 0.05) is 6.54 Å². The first-order chi connectivity index (χ1) is 8.17. The van der Waals surface area contributed by atoms with Gasteiger partial charge in [0.15, 0.2) is 0 Å². The Morgan fingerprint density at radius 3 is 2.47 bits per heavy atom. The van der Waals surface area contributed by atoms with Gasteiger partial charge in [0.05, 0.1) is 12.2 Å². The summed E-state index contributed by atoms with van der Waals surface area (Å²) in [6.07, 6.45) is 2.36. The van der Waals surface area contributed by atoms with E-state index < -0.39 is 0 Å². The fourth-order valence-electron chi connectivity index (χ4n) is 1.86. The highest BCUT2D eigenvalue weighted by Crippen LogP contribution is 2.20. The summed E-state index contributed by atoms with van der Waals surface area (Å²) in [7, 11) is 1.89. The number of nitrogens with one attached hydrogen (secondary N) is 1. The molecule has 0 heterocycles. The Morgan fingerprint density at radius 2 is 1.94 bits per heavy atom. The van der Waals surface area contributed by atoms with Gasteiger partial charge in [-0.1, -0.05) is 25.5 Å². The molecule has 0 fully saturated rings. The van der Waals surface area contributed by atoms with Gasteiger partial charge in [0.1, 0.15) is 5.82 Å². The van der Waals surface area contributed by atoms with Gasteiger partial charge in [0.2, 0.25) is 0 Å². The van der Waals surface area contributed by atoms with Crippen LogP contribution in [0, 0.1) is 5.82 Å². The normalized spacial score (nSPS) is 14.6. The highest BCUT2D eigenvalue weighted by molar-refractivity contribution is 5.19.